The number of hydrogen-bond acceptors (Lipinski definition) is 2. The SMILES string of the molecule is CCC(C)(C)NC(=O)C(C)Nc1ccccc1C(C)C. The molecule has 0 aliphatic carbocycles. The summed E-state index contributed by atoms with van der Waals surface area (Å²) < 4.78 is 0. The maximum atomic E-state index is 12.2. The van der Waals surface area contributed by atoms with Crippen LogP contribution >= 0.6 is 0 Å². The predicted octanol–water partition coefficient (Wildman–Crippen LogP) is 3.92. The van der Waals surface area contributed by atoms with Crippen LogP contribution in [0.5, 0.6) is 0 Å². The van der Waals surface area contributed by atoms with Crippen molar-refractivity contribution in [2.45, 2.75) is 65.5 Å². The standard InChI is InChI=1S/C17H28N2O/c1-7-17(5,6)19-16(20)13(4)18-15-11-9-8-10-14(15)12(2)3/h8-13,18H,7H2,1-6H3,(H,19,20). The number of nitrogens with one attached hydrogen (secondary N) is 2. The Bertz CT molecular complexity index is 452. The van der Waals surface area contributed by atoms with Crippen molar-refractivity contribution in [2.24, 2.45) is 0 Å². The molecule has 0 saturated carbocycles. The quantitative estimate of drug-likeness (QED) is 0.827. The maximum absolute atomic E-state index is 12.2. The second kappa shape index (κ2) is 6.78. The van der Waals surface area contributed by atoms with E-state index in [1.54, 1.807) is 0 Å². The van der Waals surface area contributed by atoms with E-state index in [9.17, 15) is 4.79 Å². The lowest BCUT2D eigenvalue weighted by Crippen LogP contribution is -2.48. The van der Waals surface area contributed by atoms with E-state index >= 15 is 0 Å². The molecule has 0 saturated heterocycles. The van der Waals surface area contributed by atoms with Gasteiger partial charge in [0, 0.05) is 11.2 Å². The zero-order valence-electron chi connectivity index (χ0n) is 13.6. The second-order valence-corrected chi connectivity index (χ2v) is 6.33. The average Bonchev–Trinajstić information content (AvgIpc) is 2.38. The maximum Gasteiger partial charge on any atom is 0.242 e. The summed E-state index contributed by atoms with van der Waals surface area (Å²) in [7, 11) is 0. The molecule has 1 rings (SSSR count). The fraction of sp³-hybridized carbons (Fsp3) is 0.588. The third-order valence-electron chi connectivity index (χ3n) is 3.69. The molecule has 3 nitrogen and oxygen atoms in total. The van der Waals surface area contributed by atoms with Crippen molar-refractivity contribution in [3.8, 4) is 0 Å². The molecule has 3 heteroatoms. The van der Waals surface area contributed by atoms with Crippen LogP contribution in [-0.4, -0.2) is 17.5 Å². The van der Waals surface area contributed by atoms with E-state index in [4.69, 9.17) is 0 Å². The molecule has 0 aromatic heterocycles. The zero-order chi connectivity index (χ0) is 15.3. The number of para-hydroxylation sites is 1. The molecule has 0 radical (unpaired) electrons. The molecule has 0 heterocycles. The van der Waals surface area contributed by atoms with Crippen molar-refractivity contribution in [3.05, 3.63) is 29.8 Å². The monoisotopic (exact) mass is 276 g/mol. The van der Waals surface area contributed by atoms with Gasteiger partial charge in [-0.3, -0.25) is 4.79 Å². The molecular formula is C17H28N2O. The summed E-state index contributed by atoms with van der Waals surface area (Å²) in [4.78, 5) is 12.2. The predicted molar refractivity (Wildman–Crippen MR) is 86.1 cm³/mol. The molecule has 2 N–H and O–H groups in total. The summed E-state index contributed by atoms with van der Waals surface area (Å²) >= 11 is 0. The lowest BCUT2D eigenvalue weighted by Gasteiger charge is -2.27. The van der Waals surface area contributed by atoms with Gasteiger partial charge >= 0.3 is 0 Å². The molecule has 0 fully saturated rings. The summed E-state index contributed by atoms with van der Waals surface area (Å²) in [5.74, 6) is 0.469. The van der Waals surface area contributed by atoms with E-state index in [1.807, 2.05) is 39.0 Å². The van der Waals surface area contributed by atoms with E-state index in [1.165, 1.54) is 5.56 Å². The number of amides is 1. The zero-order valence-corrected chi connectivity index (χ0v) is 13.6. The van der Waals surface area contributed by atoms with Crippen molar-refractivity contribution in [1.29, 1.82) is 0 Å². The summed E-state index contributed by atoms with van der Waals surface area (Å²) in [5.41, 5.74) is 2.12. The Hall–Kier alpha value is -1.51. The highest BCUT2D eigenvalue weighted by atomic mass is 16.2. The Labute approximate surface area is 123 Å². The first-order valence-electron chi connectivity index (χ1n) is 7.44. The highest BCUT2D eigenvalue weighted by molar-refractivity contribution is 5.85. The third kappa shape index (κ3) is 4.55. The van der Waals surface area contributed by atoms with Crippen LogP contribution in [0.2, 0.25) is 0 Å². The second-order valence-electron chi connectivity index (χ2n) is 6.33. The fourth-order valence-corrected chi connectivity index (χ4v) is 1.96. The number of carbonyl (C=O) groups excluding carboxylic acids is 1. The van der Waals surface area contributed by atoms with Crippen LogP contribution in [0, 0.1) is 0 Å². The van der Waals surface area contributed by atoms with Crippen LogP contribution in [0.3, 0.4) is 0 Å². The minimum atomic E-state index is -0.249. The first-order valence-corrected chi connectivity index (χ1v) is 7.44. The molecule has 1 atom stereocenters. The van der Waals surface area contributed by atoms with Crippen LogP contribution in [-0.2, 0) is 4.79 Å². The van der Waals surface area contributed by atoms with Gasteiger partial charge in [-0.2, -0.15) is 0 Å². The Morgan fingerprint density at radius 1 is 1.20 bits per heavy atom. The van der Waals surface area contributed by atoms with Gasteiger partial charge in [-0.25, -0.2) is 0 Å². The normalized spacial score (nSPS) is 13.2. The highest BCUT2D eigenvalue weighted by Crippen LogP contribution is 2.24. The highest BCUT2D eigenvalue weighted by Gasteiger charge is 2.22. The summed E-state index contributed by atoms with van der Waals surface area (Å²) in [5, 5.41) is 6.40. The Morgan fingerprint density at radius 3 is 2.35 bits per heavy atom. The van der Waals surface area contributed by atoms with Crippen LogP contribution in [0.25, 0.3) is 0 Å². The minimum absolute atomic E-state index is 0.0374. The van der Waals surface area contributed by atoms with Crippen molar-refractivity contribution in [3.63, 3.8) is 0 Å². The topological polar surface area (TPSA) is 41.1 Å². The first-order chi connectivity index (χ1) is 9.26. The van der Waals surface area contributed by atoms with Gasteiger partial charge in [0.2, 0.25) is 5.91 Å². The van der Waals surface area contributed by atoms with Crippen molar-refractivity contribution in [1.82, 2.24) is 5.32 Å². The van der Waals surface area contributed by atoms with Gasteiger partial charge in [-0.05, 0) is 44.7 Å². The molecule has 1 aromatic rings. The van der Waals surface area contributed by atoms with E-state index in [0.29, 0.717) is 5.92 Å². The van der Waals surface area contributed by atoms with E-state index in [-0.39, 0.29) is 17.5 Å². The van der Waals surface area contributed by atoms with Crippen LogP contribution < -0.4 is 10.6 Å². The van der Waals surface area contributed by atoms with Crippen LogP contribution in [0.15, 0.2) is 24.3 Å². The lowest BCUT2D eigenvalue weighted by molar-refractivity contribution is -0.123. The number of carbonyl (C=O) groups is 1. The number of hydrogen-bond donors (Lipinski definition) is 2. The van der Waals surface area contributed by atoms with Gasteiger partial charge in [0.05, 0.1) is 0 Å². The van der Waals surface area contributed by atoms with E-state index in [0.717, 1.165) is 12.1 Å². The molecule has 0 aliphatic rings. The van der Waals surface area contributed by atoms with Gasteiger partial charge in [0.1, 0.15) is 6.04 Å². The minimum Gasteiger partial charge on any atom is -0.374 e. The van der Waals surface area contributed by atoms with Crippen molar-refractivity contribution < 1.29 is 4.79 Å². The molecule has 20 heavy (non-hydrogen) atoms. The average molecular weight is 276 g/mol. The summed E-state index contributed by atoms with van der Waals surface area (Å²) in [6.07, 6.45) is 0.911. The first kappa shape index (κ1) is 16.5. The van der Waals surface area contributed by atoms with Crippen molar-refractivity contribution >= 4 is 11.6 Å². The Morgan fingerprint density at radius 2 is 1.80 bits per heavy atom. The molecule has 0 bridgehead atoms. The van der Waals surface area contributed by atoms with Crippen LogP contribution in [0.1, 0.15) is 59.4 Å². The largest absolute Gasteiger partial charge is 0.374 e. The summed E-state index contributed by atoms with van der Waals surface area (Å²) in [6, 6.07) is 7.92. The Balaban J connectivity index is 2.76. The molecule has 1 unspecified atom stereocenters. The molecular weight excluding hydrogens is 248 g/mol. The van der Waals surface area contributed by atoms with E-state index in [2.05, 4.69) is 37.5 Å². The van der Waals surface area contributed by atoms with E-state index < -0.39 is 0 Å². The number of benzene rings is 1. The van der Waals surface area contributed by atoms with Gasteiger partial charge in [-0.1, -0.05) is 39.0 Å². The van der Waals surface area contributed by atoms with Gasteiger partial charge in [-0.15, -0.1) is 0 Å². The Kier molecular flexibility index (Phi) is 5.61. The fourth-order valence-electron chi connectivity index (χ4n) is 1.96. The lowest BCUT2D eigenvalue weighted by atomic mass is 10.00. The molecule has 0 spiro atoms. The van der Waals surface area contributed by atoms with Gasteiger partial charge in [0.25, 0.3) is 0 Å². The summed E-state index contributed by atoms with van der Waals surface area (Å²) in [6.45, 7) is 12.4. The molecule has 112 valence electrons. The smallest absolute Gasteiger partial charge is 0.242 e. The van der Waals surface area contributed by atoms with Gasteiger partial charge < -0.3 is 10.6 Å². The number of rotatable bonds is 6. The van der Waals surface area contributed by atoms with Gasteiger partial charge in [0.15, 0.2) is 0 Å². The van der Waals surface area contributed by atoms with Crippen LogP contribution in [0.4, 0.5) is 5.69 Å². The molecule has 0 aliphatic heterocycles. The molecule has 1 aromatic carbocycles. The molecule has 1 amide bonds. The number of anilines is 1. The van der Waals surface area contributed by atoms with Crippen molar-refractivity contribution in [2.75, 3.05) is 5.32 Å². The third-order valence-corrected chi connectivity index (χ3v) is 3.69.